The second kappa shape index (κ2) is 7.09. The predicted octanol–water partition coefficient (Wildman–Crippen LogP) is 4.30. The molecular weight excluding hydrogens is 296 g/mol. The molecule has 2 aromatic rings. The summed E-state index contributed by atoms with van der Waals surface area (Å²) in [7, 11) is 1.49. The predicted molar refractivity (Wildman–Crippen MR) is 85.6 cm³/mol. The monoisotopic (exact) mass is 310 g/mol. The van der Waals surface area contributed by atoms with Gasteiger partial charge >= 0.3 is 5.69 Å². The summed E-state index contributed by atoms with van der Waals surface area (Å²) in [5.41, 5.74) is 0.842. The molecule has 0 unspecified atom stereocenters. The van der Waals surface area contributed by atoms with Crippen LogP contribution in [0.15, 0.2) is 42.5 Å². The van der Waals surface area contributed by atoms with E-state index in [4.69, 9.17) is 14.7 Å². The van der Waals surface area contributed by atoms with Gasteiger partial charge in [0.15, 0.2) is 11.5 Å². The van der Waals surface area contributed by atoms with Gasteiger partial charge in [0, 0.05) is 6.07 Å². The minimum absolute atomic E-state index is 0.0473. The summed E-state index contributed by atoms with van der Waals surface area (Å²) in [6.07, 6.45) is 3.79. The molecule has 0 bridgehead atoms. The van der Waals surface area contributed by atoms with Crippen LogP contribution >= 0.6 is 0 Å². The summed E-state index contributed by atoms with van der Waals surface area (Å²) in [6.45, 7) is 1.90. The van der Waals surface area contributed by atoms with Crippen molar-refractivity contribution in [2.24, 2.45) is 0 Å². The van der Waals surface area contributed by atoms with Crippen LogP contribution in [0.5, 0.6) is 17.2 Å². The second-order valence-corrected chi connectivity index (χ2v) is 4.56. The van der Waals surface area contributed by atoms with Crippen molar-refractivity contribution in [2.75, 3.05) is 7.11 Å². The van der Waals surface area contributed by atoms with Gasteiger partial charge in [0.1, 0.15) is 0 Å². The summed E-state index contributed by atoms with van der Waals surface area (Å²) in [5.74, 6) is 0.860. The fraction of sp³-hybridized carbons (Fsp3) is 0.118. The van der Waals surface area contributed by atoms with Crippen molar-refractivity contribution in [1.82, 2.24) is 0 Å². The van der Waals surface area contributed by atoms with E-state index in [0.717, 1.165) is 5.56 Å². The lowest BCUT2D eigenvalue weighted by atomic mass is 10.2. The topological polar surface area (TPSA) is 85.4 Å². The molecule has 0 atom stereocenters. The highest BCUT2D eigenvalue weighted by Crippen LogP contribution is 2.37. The van der Waals surface area contributed by atoms with Crippen LogP contribution in [-0.2, 0) is 0 Å². The molecule has 116 valence electrons. The van der Waals surface area contributed by atoms with Crippen molar-refractivity contribution in [3.05, 3.63) is 63.7 Å². The standard InChI is InChI=1S/C17H14N2O4/c1-3-4-12-5-8-16(17(10-12)22-2)23-15-7-6-13(11-18)9-14(15)19(20)21/h3-10H,1-2H3/b4-3+. The fourth-order valence-electron chi connectivity index (χ4n) is 2.00. The highest BCUT2D eigenvalue weighted by molar-refractivity contribution is 5.58. The first-order valence-corrected chi connectivity index (χ1v) is 6.76. The van der Waals surface area contributed by atoms with Crippen LogP contribution in [0.1, 0.15) is 18.1 Å². The van der Waals surface area contributed by atoms with E-state index in [0.29, 0.717) is 11.5 Å². The molecule has 0 spiro atoms. The summed E-state index contributed by atoms with van der Waals surface area (Å²) >= 11 is 0. The smallest absolute Gasteiger partial charge is 0.312 e. The molecule has 0 heterocycles. The zero-order valence-corrected chi connectivity index (χ0v) is 12.6. The van der Waals surface area contributed by atoms with Gasteiger partial charge in [0.25, 0.3) is 0 Å². The van der Waals surface area contributed by atoms with Crippen molar-refractivity contribution in [3.63, 3.8) is 0 Å². The molecule has 23 heavy (non-hydrogen) atoms. The van der Waals surface area contributed by atoms with Crippen LogP contribution < -0.4 is 9.47 Å². The normalized spacial score (nSPS) is 10.3. The van der Waals surface area contributed by atoms with Gasteiger partial charge in [-0.3, -0.25) is 10.1 Å². The minimum Gasteiger partial charge on any atom is -0.493 e. The van der Waals surface area contributed by atoms with E-state index in [1.807, 2.05) is 31.2 Å². The van der Waals surface area contributed by atoms with E-state index < -0.39 is 4.92 Å². The Balaban J connectivity index is 2.43. The zero-order chi connectivity index (χ0) is 16.8. The molecule has 0 N–H and O–H groups in total. The Morgan fingerprint density at radius 1 is 1.17 bits per heavy atom. The number of hydrogen-bond acceptors (Lipinski definition) is 5. The lowest BCUT2D eigenvalue weighted by Gasteiger charge is -2.11. The van der Waals surface area contributed by atoms with Crippen LogP contribution in [0.4, 0.5) is 5.69 Å². The van der Waals surface area contributed by atoms with Crippen molar-refractivity contribution >= 4 is 11.8 Å². The number of nitro benzene ring substituents is 1. The molecule has 0 aliphatic carbocycles. The van der Waals surface area contributed by atoms with Gasteiger partial charge in [-0.25, -0.2) is 0 Å². The summed E-state index contributed by atoms with van der Waals surface area (Å²) in [5, 5.41) is 20.0. The Hall–Kier alpha value is -3.33. The Morgan fingerprint density at radius 2 is 1.91 bits per heavy atom. The molecule has 6 nitrogen and oxygen atoms in total. The largest absolute Gasteiger partial charge is 0.493 e. The number of allylic oxidation sites excluding steroid dienone is 1. The highest BCUT2D eigenvalue weighted by Gasteiger charge is 2.18. The van der Waals surface area contributed by atoms with Gasteiger partial charge < -0.3 is 9.47 Å². The Bertz CT molecular complexity index is 807. The number of methoxy groups -OCH3 is 1. The maximum Gasteiger partial charge on any atom is 0.312 e. The Labute approximate surface area is 133 Å². The van der Waals surface area contributed by atoms with Crippen molar-refractivity contribution in [1.29, 1.82) is 5.26 Å². The number of nitrogens with zero attached hydrogens (tertiary/aromatic N) is 2. The molecule has 0 amide bonds. The average molecular weight is 310 g/mol. The fourth-order valence-corrected chi connectivity index (χ4v) is 2.00. The van der Waals surface area contributed by atoms with Gasteiger partial charge in [-0.05, 0) is 36.8 Å². The third-order valence-electron chi connectivity index (χ3n) is 3.05. The van der Waals surface area contributed by atoms with Gasteiger partial charge in [-0.1, -0.05) is 18.2 Å². The van der Waals surface area contributed by atoms with E-state index in [1.54, 1.807) is 12.1 Å². The number of nitriles is 1. The lowest BCUT2D eigenvalue weighted by molar-refractivity contribution is -0.385. The van der Waals surface area contributed by atoms with Gasteiger partial charge in [-0.15, -0.1) is 0 Å². The number of ether oxygens (including phenoxy) is 2. The molecular formula is C17H14N2O4. The number of hydrogen-bond donors (Lipinski definition) is 0. The highest BCUT2D eigenvalue weighted by atomic mass is 16.6. The van der Waals surface area contributed by atoms with E-state index in [9.17, 15) is 10.1 Å². The zero-order valence-electron chi connectivity index (χ0n) is 12.6. The molecule has 0 saturated heterocycles. The van der Waals surface area contributed by atoms with Crippen LogP contribution in [0.2, 0.25) is 0 Å². The lowest BCUT2D eigenvalue weighted by Crippen LogP contribution is -1.96. The summed E-state index contributed by atoms with van der Waals surface area (Å²) < 4.78 is 10.9. The second-order valence-electron chi connectivity index (χ2n) is 4.56. The SMILES string of the molecule is C/C=C/c1ccc(Oc2ccc(C#N)cc2[N+](=O)[O-])c(OC)c1. The van der Waals surface area contributed by atoms with Crippen molar-refractivity contribution in [3.8, 4) is 23.3 Å². The molecule has 0 fully saturated rings. The van der Waals surface area contributed by atoms with Gasteiger partial charge in [0.2, 0.25) is 5.75 Å². The number of benzene rings is 2. The molecule has 0 radical (unpaired) electrons. The molecule has 2 aromatic carbocycles. The Morgan fingerprint density at radius 3 is 2.52 bits per heavy atom. The van der Waals surface area contributed by atoms with Crippen LogP contribution in [-0.4, -0.2) is 12.0 Å². The molecule has 0 aromatic heterocycles. The molecule has 2 rings (SSSR count). The first-order chi connectivity index (χ1) is 11.1. The molecule has 0 aliphatic heterocycles. The van der Waals surface area contributed by atoms with E-state index in [-0.39, 0.29) is 17.0 Å². The molecule has 6 heteroatoms. The van der Waals surface area contributed by atoms with E-state index >= 15 is 0 Å². The molecule has 0 saturated carbocycles. The maximum atomic E-state index is 11.1. The van der Waals surface area contributed by atoms with Crippen LogP contribution in [0, 0.1) is 21.4 Å². The van der Waals surface area contributed by atoms with Crippen LogP contribution in [0.25, 0.3) is 6.08 Å². The number of rotatable bonds is 5. The maximum absolute atomic E-state index is 11.1. The average Bonchev–Trinajstić information content (AvgIpc) is 2.56. The van der Waals surface area contributed by atoms with Crippen molar-refractivity contribution < 1.29 is 14.4 Å². The van der Waals surface area contributed by atoms with Crippen LogP contribution in [0.3, 0.4) is 0 Å². The first kappa shape index (κ1) is 16.0. The first-order valence-electron chi connectivity index (χ1n) is 6.76. The Kier molecular flexibility index (Phi) is 4.95. The third kappa shape index (κ3) is 3.66. The third-order valence-corrected chi connectivity index (χ3v) is 3.05. The summed E-state index contributed by atoms with van der Waals surface area (Å²) in [6, 6.07) is 11.2. The quantitative estimate of drug-likeness (QED) is 0.607. The number of nitro groups is 1. The van der Waals surface area contributed by atoms with E-state index in [2.05, 4.69) is 0 Å². The van der Waals surface area contributed by atoms with Crippen molar-refractivity contribution in [2.45, 2.75) is 6.92 Å². The molecule has 0 aliphatic rings. The van der Waals surface area contributed by atoms with Gasteiger partial charge in [0.05, 0.1) is 23.7 Å². The summed E-state index contributed by atoms with van der Waals surface area (Å²) in [4.78, 5) is 10.6. The minimum atomic E-state index is -0.586. The van der Waals surface area contributed by atoms with E-state index in [1.165, 1.54) is 25.3 Å². The van der Waals surface area contributed by atoms with Gasteiger partial charge in [-0.2, -0.15) is 5.26 Å².